The zero-order valence-electron chi connectivity index (χ0n) is 7.48. The van der Waals surface area contributed by atoms with Gasteiger partial charge in [-0.3, -0.25) is 0 Å². The third-order valence-corrected chi connectivity index (χ3v) is 0.985. The van der Waals surface area contributed by atoms with Gasteiger partial charge in [0.25, 0.3) is 0 Å². The summed E-state index contributed by atoms with van der Waals surface area (Å²) in [4.78, 5) is 15.1. The Morgan fingerprint density at radius 1 is 1.42 bits per heavy atom. The molecule has 0 fully saturated rings. The van der Waals surface area contributed by atoms with Gasteiger partial charge in [-0.25, -0.2) is 9.86 Å². The Bertz CT molecular complexity index is 187. The molecule has 0 aliphatic rings. The number of allylic oxidation sites excluding steroid dienone is 3. The number of methoxy groups -OCH3 is 1. The standard InChI is InChI=1S/C8H13NO3/c1-4-5-6-7-9(2)12-8(10)11-3/h4-7H,1-3H3/b5-4-,7-6-. The minimum Gasteiger partial charge on any atom is -0.436 e. The van der Waals surface area contributed by atoms with Crippen LogP contribution in [-0.4, -0.2) is 25.4 Å². The van der Waals surface area contributed by atoms with Crippen LogP contribution >= 0.6 is 0 Å². The third kappa shape index (κ3) is 5.34. The van der Waals surface area contributed by atoms with Crippen molar-refractivity contribution in [3.05, 3.63) is 24.4 Å². The molecule has 0 aromatic rings. The largest absolute Gasteiger partial charge is 0.533 e. The molecule has 0 radical (unpaired) electrons. The first kappa shape index (κ1) is 10.6. The number of carbonyl (C=O) groups is 1. The van der Waals surface area contributed by atoms with E-state index in [4.69, 9.17) is 0 Å². The fourth-order valence-electron chi connectivity index (χ4n) is 0.467. The number of rotatable bonds is 3. The smallest absolute Gasteiger partial charge is 0.436 e. The summed E-state index contributed by atoms with van der Waals surface area (Å²) in [5.74, 6) is 0. The van der Waals surface area contributed by atoms with Crippen molar-refractivity contribution in [3.63, 3.8) is 0 Å². The summed E-state index contributed by atoms with van der Waals surface area (Å²) in [7, 11) is 2.85. The molecule has 0 saturated heterocycles. The van der Waals surface area contributed by atoms with Gasteiger partial charge in [-0.1, -0.05) is 12.2 Å². The van der Waals surface area contributed by atoms with Gasteiger partial charge in [0.2, 0.25) is 0 Å². The van der Waals surface area contributed by atoms with E-state index in [1.165, 1.54) is 12.2 Å². The molecule has 0 saturated carbocycles. The Morgan fingerprint density at radius 3 is 2.58 bits per heavy atom. The maximum atomic E-state index is 10.5. The highest BCUT2D eigenvalue weighted by Gasteiger charge is 2.01. The number of ether oxygens (including phenoxy) is 1. The van der Waals surface area contributed by atoms with E-state index in [0.717, 1.165) is 0 Å². The lowest BCUT2D eigenvalue weighted by atomic mass is 10.5. The second kappa shape index (κ2) is 6.27. The molecule has 68 valence electrons. The summed E-state index contributed by atoms with van der Waals surface area (Å²) < 4.78 is 4.27. The van der Waals surface area contributed by atoms with Crippen molar-refractivity contribution in [2.45, 2.75) is 6.92 Å². The molecular formula is C8H13NO3. The molecule has 0 bridgehead atoms. The van der Waals surface area contributed by atoms with E-state index in [1.807, 2.05) is 19.1 Å². The molecule has 4 nitrogen and oxygen atoms in total. The van der Waals surface area contributed by atoms with Gasteiger partial charge in [-0.2, -0.15) is 0 Å². The summed E-state index contributed by atoms with van der Waals surface area (Å²) >= 11 is 0. The SMILES string of the molecule is C/C=C\C=C/N(C)OC(=O)OC. The molecular weight excluding hydrogens is 158 g/mol. The lowest BCUT2D eigenvalue weighted by molar-refractivity contribution is -0.0695. The Kier molecular flexibility index (Phi) is 5.51. The van der Waals surface area contributed by atoms with Gasteiger partial charge in [0.1, 0.15) is 0 Å². The second-order valence-corrected chi connectivity index (χ2v) is 1.96. The second-order valence-electron chi connectivity index (χ2n) is 1.96. The molecule has 0 aromatic carbocycles. The van der Waals surface area contributed by atoms with Crippen LogP contribution in [0.3, 0.4) is 0 Å². The van der Waals surface area contributed by atoms with Crippen LogP contribution in [0.2, 0.25) is 0 Å². The summed E-state index contributed by atoms with van der Waals surface area (Å²) in [6.07, 6.45) is 6.28. The van der Waals surface area contributed by atoms with E-state index in [0.29, 0.717) is 0 Å². The van der Waals surface area contributed by atoms with E-state index in [-0.39, 0.29) is 0 Å². The van der Waals surface area contributed by atoms with E-state index in [1.54, 1.807) is 19.3 Å². The quantitative estimate of drug-likeness (QED) is 0.368. The Morgan fingerprint density at radius 2 is 2.08 bits per heavy atom. The number of nitrogens with zero attached hydrogens (tertiary/aromatic N) is 1. The van der Waals surface area contributed by atoms with Crippen LogP contribution in [0.4, 0.5) is 4.79 Å². The molecule has 0 heterocycles. The number of hydrogen-bond acceptors (Lipinski definition) is 4. The highest BCUT2D eigenvalue weighted by atomic mass is 16.8. The number of hydrogen-bond donors (Lipinski definition) is 0. The number of hydroxylamine groups is 2. The lowest BCUT2D eigenvalue weighted by Gasteiger charge is -2.10. The van der Waals surface area contributed by atoms with Crippen LogP contribution in [0.25, 0.3) is 0 Å². The fourth-order valence-corrected chi connectivity index (χ4v) is 0.467. The fraction of sp³-hybridized carbons (Fsp3) is 0.375. The van der Waals surface area contributed by atoms with Crippen molar-refractivity contribution in [2.24, 2.45) is 0 Å². The van der Waals surface area contributed by atoms with Crippen molar-refractivity contribution in [3.8, 4) is 0 Å². The molecule has 0 aromatic heterocycles. The molecule has 12 heavy (non-hydrogen) atoms. The highest BCUT2D eigenvalue weighted by molar-refractivity contribution is 5.59. The predicted molar refractivity (Wildman–Crippen MR) is 45.2 cm³/mol. The molecule has 0 aliphatic carbocycles. The van der Waals surface area contributed by atoms with E-state index in [2.05, 4.69) is 9.57 Å². The molecule has 0 unspecified atom stereocenters. The van der Waals surface area contributed by atoms with Crippen LogP contribution in [0.1, 0.15) is 6.92 Å². The van der Waals surface area contributed by atoms with Crippen LogP contribution in [0, 0.1) is 0 Å². The van der Waals surface area contributed by atoms with Gasteiger partial charge in [-0.15, -0.1) is 0 Å². The minimum atomic E-state index is -0.734. The molecule has 0 aliphatic heterocycles. The van der Waals surface area contributed by atoms with Gasteiger partial charge in [-0.05, 0) is 13.0 Å². The van der Waals surface area contributed by atoms with Gasteiger partial charge in [0.15, 0.2) is 0 Å². The zero-order chi connectivity index (χ0) is 9.40. The third-order valence-electron chi connectivity index (χ3n) is 0.985. The van der Waals surface area contributed by atoms with Gasteiger partial charge >= 0.3 is 6.16 Å². The first-order valence-electron chi connectivity index (χ1n) is 3.49. The van der Waals surface area contributed by atoms with Crippen molar-refractivity contribution >= 4 is 6.16 Å². The predicted octanol–water partition coefficient (Wildman–Crippen LogP) is 1.71. The van der Waals surface area contributed by atoms with Crippen molar-refractivity contribution in [2.75, 3.05) is 14.2 Å². The average molecular weight is 171 g/mol. The number of carbonyl (C=O) groups excluding carboxylic acids is 1. The molecule has 0 N–H and O–H groups in total. The van der Waals surface area contributed by atoms with Crippen LogP contribution in [0.5, 0.6) is 0 Å². The lowest BCUT2D eigenvalue weighted by Crippen LogP contribution is -2.17. The summed E-state index contributed by atoms with van der Waals surface area (Å²) in [6.45, 7) is 1.89. The van der Waals surface area contributed by atoms with E-state index in [9.17, 15) is 4.79 Å². The normalized spacial score (nSPS) is 10.6. The highest BCUT2D eigenvalue weighted by Crippen LogP contribution is 1.90. The molecule has 0 rings (SSSR count). The molecule has 4 heteroatoms. The molecule has 0 atom stereocenters. The van der Waals surface area contributed by atoms with Gasteiger partial charge in [0, 0.05) is 13.2 Å². The first-order chi connectivity index (χ1) is 5.70. The van der Waals surface area contributed by atoms with Gasteiger partial charge in [0.05, 0.1) is 7.11 Å². The Balaban J connectivity index is 3.72. The summed E-state index contributed by atoms with van der Waals surface area (Å²) in [5.41, 5.74) is 0. The first-order valence-corrected chi connectivity index (χ1v) is 3.49. The summed E-state index contributed by atoms with van der Waals surface area (Å²) in [6, 6.07) is 0. The Hall–Kier alpha value is -1.45. The monoisotopic (exact) mass is 171 g/mol. The van der Waals surface area contributed by atoms with Crippen LogP contribution < -0.4 is 0 Å². The average Bonchev–Trinajstić information content (AvgIpc) is 2.05. The van der Waals surface area contributed by atoms with E-state index >= 15 is 0 Å². The van der Waals surface area contributed by atoms with Crippen molar-refractivity contribution in [1.29, 1.82) is 0 Å². The molecule has 0 spiro atoms. The van der Waals surface area contributed by atoms with Crippen LogP contribution in [-0.2, 0) is 9.57 Å². The maximum absolute atomic E-state index is 10.5. The summed E-state index contributed by atoms with van der Waals surface area (Å²) in [5, 5.41) is 1.26. The maximum Gasteiger partial charge on any atom is 0.533 e. The van der Waals surface area contributed by atoms with Crippen LogP contribution in [0.15, 0.2) is 24.4 Å². The Labute approximate surface area is 72.0 Å². The van der Waals surface area contributed by atoms with Gasteiger partial charge < -0.3 is 9.57 Å². The van der Waals surface area contributed by atoms with Crippen molar-refractivity contribution < 1.29 is 14.4 Å². The minimum absolute atomic E-state index is 0.734. The van der Waals surface area contributed by atoms with Crippen molar-refractivity contribution in [1.82, 2.24) is 5.06 Å². The topological polar surface area (TPSA) is 38.8 Å². The molecule has 0 amide bonds. The zero-order valence-corrected chi connectivity index (χ0v) is 7.48. The van der Waals surface area contributed by atoms with E-state index < -0.39 is 6.16 Å².